The van der Waals surface area contributed by atoms with Gasteiger partial charge in [0.05, 0.1) is 10.7 Å². The molecule has 0 saturated heterocycles. The normalized spacial score (nSPS) is 14.7. The van der Waals surface area contributed by atoms with Crippen LogP contribution in [0, 0.1) is 0 Å². The van der Waals surface area contributed by atoms with Gasteiger partial charge in [0.1, 0.15) is 11.5 Å². The van der Waals surface area contributed by atoms with Gasteiger partial charge in [0.15, 0.2) is 0 Å². The molecule has 1 fully saturated rings. The Morgan fingerprint density at radius 2 is 1.90 bits per heavy atom. The smallest absolute Gasteiger partial charge is 0.138 e. The van der Waals surface area contributed by atoms with Gasteiger partial charge in [0.25, 0.3) is 0 Å². The Kier molecular flexibility index (Phi) is 2.67. The molecule has 100 valence electrons. The summed E-state index contributed by atoms with van der Waals surface area (Å²) in [7, 11) is 0. The Balaban J connectivity index is 1.86. The minimum Gasteiger partial charge on any atom is -0.340 e. The van der Waals surface area contributed by atoms with Crippen LogP contribution in [-0.2, 0) is 0 Å². The van der Waals surface area contributed by atoms with Crippen molar-refractivity contribution in [3.8, 4) is 0 Å². The Labute approximate surface area is 122 Å². The number of benzene rings is 1. The average Bonchev–Trinajstić information content (AvgIpc) is 3.25. The van der Waals surface area contributed by atoms with Crippen LogP contribution in [0.4, 0.5) is 11.5 Å². The second-order valence-corrected chi connectivity index (χ2v) is 5.62. The number of pyridine rings is 1. The van der Waals surface area contributed by atoms with E-state index in [1.165, 1.54) is 12.8 Å². The summed E-state index contributed by atoms with van der Waals surface area (Å²) in [5, 5.41) is 4.20. The third kappa shape index (κ3) is 2.04. The van der Waals surface area contributed by atoms with E-state index in [2.05, 4.69) is 17.4 Å². The minimum atomic E-state index is 0.583. The third-order valence-electron chi connectivity index (χ3n) is 3.61. The maximum Gasteiger partial charge on any atom is 0.138 e. The van der Waals surface area contributed by atoms with E-state index in [-0.39, 0.29) is 0 Å². The molecule has 20 heavy (non-hydrogen) atoms. The van der Waals surface area contributed by atoms with Crippen molar-refractivity contribution in [1.82, 2.24) is 9.38 Å². The Morgan fingerprint density at radius 1 is 1.10 bits per heavy atom. The van der Waals surface area contributed by atoms with Gasteiger partial charge in [-0.05, 0) is 37.1 Å². The predicted octanol–water partition coefficient (Wildman–Crippen LogP) is 4.61. The first-order valence-corrected chi connectivity index (χ1v) is 7.18. The van der Waals surface area contributed by atoms with E-state index < -0.39 is 0 Å². The zero-order chi connectivity index (χ0) is 13.5. The summed E-state index contributed by atoms with van der Waals surface area (Å²) in [5.41, 5.74) is 3.15. The maximum atomic E-state index is 6.12. The van der Waals surface area contributed by atoms with Gasteiger partial charge in [-0.15, -0.1) is 0 Å². The van der Waals surface area contributed by atoms with Crippen molar-refractivity contribution in [2.45, 2.75) is 18.8 Å². The topological polar surface area (TPSA) is 29.3 Å². The summed E-state index contributed by atoms with van der Waals surface area (Å²) in [6.45, 7) is 0. The van der Waals surface area contributed by atoms with E-state index in [1.54, 1.807) is 0 Å². The van der Waals surface area contributed by atoms with Gasteiger partial charge in [-0.1, -0.05) is 29.8 Å². The molecule has 1 aliphatic carbocycles. The number of hydrogen-bond acceptors (Lipinski definition) is 2. The molecular formula is C16H14ClN3. The van der Waals surface area contributed by atoms with E-state index in [9.17, 15) is 0 Å². The standard InChI is InChI=1S/C16H14ClN3/c17-12-8-9-14-19-15(11-6-7-11)16(20(14)10-12)18-13-4-2-1-3-5-13/h1-5,8-11,18H,6-7H2. The third-order valence-corrected chi connectivity index (χ3v) is 3.83. The maximum absolute atomic E-state index is 6.12. The van der Waals surface area contributed by atoms with Crippen LogP contribution in [0.15, 0.2) is 48.7 Å². The van der Waals surface area contributed by atoms with Crippen LogP contribution < -0.4 is 5.32 Å². The van der Waals surface area contributed by atoms with E-state index >= 15 is 0 Å². The molecule has 1 aromatic carbocycles. The molecule has 4 rings (SSSR count). The van der Waals surface area contributed by atoms with E-state index in [0.717, 1.165) is 22.8 Å². The molecule has 1 N–H and O–H groups in total. The van der Waals surface area contributed by atoms with Crippen molar-refractivity contribution < 1.29 is 0 Å². The van der Waals surface area contributed by atoms with Gasteiger partial charge in [-0.2, -0.15) is 0 Å². The summed E-state index contributed by atoms with van der Waals surface area (Å²) < 4.78 is 2.04. The van der Waals surface area contributed by atoms with Crippen LogP contribution in [-0.4, -0.2) is 9.38 Å². The fourth-order valence-electron chi connectivity index (χ4n) is 2.46. The average molecular weight is 284 g/mol. The molecule has 2 aromatic heterocycles. The van der Waals surface area contributed by atoms with Gasteiger partial charge in [-0.3, -0.25) is 4.40 Å². The van der Waals surface area contributed by atoms with E-state index in [4.69, 9.17) is 16.6 Å². The molecule has 1 saturated carbocycles. The van der Waals surface area contributed by atoms with Crippen LogP contribution in [0.3, 0.4) is 0 Å². The highest BCUT2D eigenvalue weighted by molar-refractivity contribution is 6.30. The molecule has 0 radical (unpaired) electrons. The molecule has 0 atom stereocenters. The van der Waals surface area contributed by atoms with Crippen LogP contribution in [0.2, 0.25) is 5.02 Å². The van der Waals surface area contributed by atoms with E-state index in [1.807, 2.05) is 40.9 Å². The van der Waals surface area contributed by atoms with Gasteiger partial charge in [0, 0.05) is 17.8 Å². The van der Waals surface area contributed by atoms with Gasteiger partial charge >= 0.3 is 0 Å². The minimum absolute atomic E-state index is 0.583. The molecule has 0 amide bonds. The molecule has 2 heterocycles. The van der Waals surface area contributed by atoms with Crippen molar-refractivity contribution in [2.75, 3.05) is 5.32 Å². The quantitative estimate of drug-likeness (QED) is 0.761. The molecule has 0 aliphatic heterocycles. The zero-order valence-electron chi connectivity index (χ0n) is 10.9. The lowest BCUT2D eigenvalue weighted by Crippen LogP contribution is -1.97. The molecule has 0 unspecified atom stereocenters. The molecule has 3 aromatic rings. The predicted molar refractivity (Wildman–Crippen MR) is 81.9 cm³/mol. The van der Waals surface area contributed by atoms with Crippen molar-refractivity contribution >= 4 is 28.8 Å². The molecule has 1 aliphatic rings. The van der Waals surface area contributed by atoms with Gasteiger partial charge in [-0.25, -0.2) is 4.98 Å². The first-order valence-electron chi connectivity index (χ1n) is 6.81. The Bertz CT molecular complexity index is 760. The number of nitrogens with zero attached hydrogens (tertiary/aromatic N) is 2. The van der Waals surface area contributed by atoms with Crippen LogP contribution in [0.1, 0.15) is 24.5 Å². The van der Waals surface area contributed by atoms with Crippen LogP contribution >= 0.6 is 11.6 Å². The van der Waals surface area contributed by atoms with Crippen molar-refractivity contribution in [3.63, 3.8) is 0 Å². The first kappa shape index (κ1) is 11.8. The molecule has 4 heteroatoms. The number of fused-ring (bicyclic) bond motifs is 1. The fraction of sp³-hybridized carbons (Fsp3) is 0.188. The lowest BCUT2D eigenvalue weighted by molar-refractivity contribution is 1.06. The number of hydrogen-bond donors (Lipinski definition) is 1. The van der Waals surface area contributed by atoms with E-state index in [0.29, 0.717) is 10.9 Å². The number of anilines is 2. The van der Waals surface area contributed by atoms with Crippen molar-refractivity contribution in [1.29, 1.82) is 0 Å². The monoisotopic (exact) mass is 283 g/mol. The zero-order valence-corrected chi connectivity index (χ0v) is 11.6. The van der Waals surface area contributed by atoms with Crippen LogP contribution in [0.5, 0.6) is 0 Å². The molecule has 0 bridgehead atoms. The van der Waals surface area contributed by atoms with Gasteiger partial charge in [0.2, 0.25) is 0 Å². The first-order chi connectivity index (χ1) is 9.81. The largest absolute Gasteiger partial charge is 0.340 e. The Hall–Kier alpha value is -2.00. The summed E-state index contributed by atoms with van der Waals surface area (Å²) in [4.78, 5) is 4.75. The number of rotatable bonds is 3. The summed E-state index contributed by atoms with van der Waals surface area (Å²) in [6, 6.07) is 14.0. The molecule has 0 spiro atoms. The number of aromatic nitrogens is 2. The lowest BCUT2D eigenvalue weighted by Gasteiger charge is -2.08. The number of halogens is 1. The highest BCUT2D eigenvalue weighted by Gasteiger charge is 2.30. The van der Waals surface area contributed by atoms with Crippen molar-refractivity contribution in [2.24, 2.45) is 0 Å². The fourth-order valence-corrected chi connectivity index (χ4v) is 2.62. The summed E-state index contributed by atoms with van der Waals surface area (Å²) in [6.07, 6.45) is 4.36. The molecular weight excluding hydrogens is 270 g/mol. The van der Waals surface area contributed by atoms with Gasteiger partial charge < -0.3 is 5.32 Å². The highest BCUT2D eigenvalue weighted by atomic mass is 35.5. The SMILES string of the molecule is Clc1ccc2nc(C3CC3)c(Nc3ccccc3)n2c1. The summed E-state index contributed by atoms with van der Waals surface area (Å²) >= 11 is 6.12. The number of imidazole rings is 1. The second kappa shape index (κ2) is 4.53. The molecule has 3 nitrogen and oxygen atoms in total. The lowest BCUT2D eigenvalue weighted by atomic mass is 10.2. The van der Waals surface area contributed by atoms with Crippen molar-refractivity contribution in [3.05, 3.63) is 59.4 Å². The Morgan fingerprint density at radius 3 is 2.65 bits per heavy atom. The number of para-hydroxylation sites is 1. The second-order valence-electron chi connectivity index (χ2n) is 5.19. The highest BCUT2D eigenvalue weighted by Crippen LogP contribution is 2.43. The van der Waals surface area contributed by atoms with Crippen LogP contribution in [0.25, 0.3) is 5.65 Å². The number of nitrogens with one attached hydrogen (secondary N) is 1. The summed E-state index contributed by atoms with van der Waals surface area (Å²) in [5.74, 6) is 1.62.